The number of fused-ring (bicyclic) bond motifs is 5. The molecule has 0 amide bonds. The van der Waals surface area contributed by atoms with E-state index in [1.54, 1.807) is 0 Å². The summed E-state index contributed by atoms with van der Waals surface area (Å²) in [5.41, 5.74) is 0.280. The van der Waals surface area contributed by atoms with Gasteiger partial charge in [-0.25, -0.2) is 0 Å². The lowest BCUT2D eigenvalue weighted by molar-refractivity contribution is -0.160. The zero-order chi connectivity index (χ0) is 18.0. The highest BCUT2D eigenvalue weighted by Gasteiger charge is 2.62. The minimum atomic E-state index is -0.136. The summed E-state index contributed by atoms with van der Waals surface area (Å²) in [7, 11) is 0. The van der Waals surface area contributed by atoms with E-state index < -0.39 is 0 Å². The Morgan fingerprint density at radius 3 is 2.56 bits per heavy atom. The van der Waals surface area contributed by atoms with Gasteiger partial charge in [0.15, 0.2) is 5.78 Å². The highest BCUT2D eigenvalue weighted by molar-refractivity contribution is 9.10. The van der Waals surface area contributed by atoms with E-state index in [1.807, 2.05) is 0 Å². The van der Waals surface area contributed by atoms with Crippen molar-refractivity contribution in [1.29, 1.82) is 0 Å². The van der Waals surface area contributed by atoms with Crippen LogP contribution in [0.5, 0.6) is 0 Å². The van der Waals surface area contributed by atoms with Crippen LogP contribution in [0, 0.1) is 34.5 Å². The lowest BCUT2D eigenvalue weighted by Gasteiger charge is -2.60. The number of esters is 1. The van der Waals surface area contributed by atoms with Crippen molar-refractivity contribution in [3.05, 3.63) is 0 Å². The summed E-state index contributed by atoms with van der Waals surface area (Å²) in [4.78, 5) is 24.2. The molecule has 140 valence electrons. The van der Waals surface area contributed by atoms with Crippen LogP contribution in [-0.4, -0.2) is 22.7 Å². The second kappa shape index (κ2) is 6.07. The van der Waals surface area contributed by atoms with Crippen LogP contribution in [0.25, 0.3) is 0 Å². The van der Waals surface area contributed by atoms with E-state index in [-0.39, 0.29) is 22.3 Å². The number of ketones is 1. The van der Waals surface area contributed by atoms with Gasteiger partial charge >= 0.3 is 5.97 Å². The van der Waals surface area contributed by atoms with Crippen molar-refractivity contribution in [2.75, 3.05) is 0 Å². The first-order valence-corrected chi connectivity index (χ1v) is 11.0. The van der Waals surface area contributed by atoms with Crippen LogP contribution in [0.3, 0.4) is 0 Å². The van der Waals surface area contributed by atoms with Crippen molar-refractivity contribution in [1.82, 2.24) is 0 Å². The highest BCUT2D eigenvalue weighted by atomic mass is 79.9. The third kappa shape index (κ3) is 2.64. The Hall–Kier alpha value is -0.380. The molecule has 0 aromatic rings. The number of rotatable bonds is 1. The summed E-state index contributed by atoms with van der Waals surface area (Å²) in [6, 6.07) is 0. The predicted octanol–water partition coefficient (Wildman–Crippen LogP) is 4.90. The average molecular weight is 411 g/mol. The Morgan fingerprint density at radius 2 is 1.84 bits per heavy atom. The van der Waals surface area contributed by atoms with Crippen LogP contribution in [0.2, 0.25) is 0 Å². The first-order valence-electron chi connectivity index (χ1n) is 10.1. The third-order valence-electron chi connectivity index (χ3n) is 8.65. The van der Waals surface area contributed by atoms with Crippen molar-refractivity contribution in [2.45, 2.75) is 83.1 Å². The monoisotopic (exact) mass is 410 g/mol. The number of Topliss-reactive ketones (excluding diaryl/α,β-unsaturated/α-hetero) is 1. The molecule has 4 saturated carbocycles. The Morgan fingerprint density at radius 1 is 1.08 bits per heavy atom. The lowest BCUT2D eigenvalue weighted by Crippen LogP contribution is -2.54. The van der Waals surface area contributed by atoms with E-state index in [0.29, 0.717) is 29.0 Å². The van der Waals surface area contributed by atoms with Crippen molar-refractivity contribution in [2.24, 2.45) is 34.5 Å². The second-order valence-corrected chi connectivity index (χ2v) is 10.8. The first-order chi connectivity index (χ1) is 11.8. The number of carbonyl (C=O) groups excluding carboxylic acids is 2. The normalized spacial score (nSPS) is 52.1. The van der Waals surface area contributed by atoms with E-state index >= 15 is 0 Å². The summed E-state index contributed by atoms with van der Waals surface area (Å²) in [5.74, 6) is 3.01. The number of carbonyl (C=O) groups is 2. The summed E-state index contributed by atoms with van der Waals surface area (Å²) < 4.78 is 5.54. The highest BCUT2D eigenvalue weighted by Crippen LogP contribution is 2.66. The van der Waals surface area contributed by atoms with Crippen molar-refractivity contribution in [3.63, 3.8) is 0 Å². The number of ether oxygens (including phenoxy) is 1. The molecular formula is C21H31BrO3. The van der Waals surface area contributed by atoms with E-state index in [4.69, 9.17) is 4.74 Å². The Labute approximate surface area is 159 Å². The van der Waals surface area contributed by atoms with Gasteiger partial charge < -0.3 is 4.74 Å². The van der Waals surface area contributed by atoms with Crippen molar-refractivity contribution < 1.29 is 14.3 Å². The van der Waals surface area contributed by atoms with Gasteiger partial charge in [-0.05, 0) is 80.5 Å². The molecule has 0 unspecified atom stereocenters. The first kappa shape index (κ1) is 18.0. The minimum absolute atomic E-state index is 0.0754. The summed E-state index contributed by atoms with van der Waals surface area (Å²) in [6.45, 7) is 6.27. The van der Waals surface area contributed by atoms with Crippen LogP contribution in [0.4, 0.5) is 0 Å². The maximum Gasteiger partial charge on any atom is 0.302 e. The van der Waals surface area contributed by atoms with Crippen molar-refractivity contribution in [3.8, 4) is 0 Å². The molecule has 0 spiro atoms. The van der Waals surface area contributed by atoms with Crippen LogP contribution < -0.4 is 0 Å². The third-order valence-corrected chi connectivity index (χ3v) is 9.44. The van der Waals surface area contributed by atoms with Crippen LogP contribution >= 0.6 is 15.9 Å². The van der Waals surface area contributed by atoms with E-state index in [1.165, 1.54) is 32.6 Å². The lowest BCUT2D eigenvalue weighted by atomic mass is 9.45. The molecule has 8 atom stereocenters. The molecule has 0 saturated heterocycles. The molecule has 0 heterocycles. The minimum Gasteiger partial charge on any atom is -0.463 e. The van der Waals surface area contributed by atoms with Gasteiger partial charge in [-0.3, -0.25) is 9.59 Å². The van der Waals surface area contributed by atoms with E-state index in [2.05, 4.69) is 29.8 Å². The smallest absolute Gasteiger partial charge is 0.302 e. The molecule has 0 aromatic carbocycles. The standard InChI is InChI=1S/C21H31BrO3/c1-12(23)25-14-6-8-20(2)13(10-14)4-5-15-16(20)7-9-21(3)17(15)11-18(22)19(21)24/h13-18H,4-11H2,1-3H3/t13-,14+,15+,16-,17+,18+,20-,21-/m0/s1. The molecule has 25 heavy (non-hydrogen) atoms. The second-order valence-electron chi connectivity index (χ2n) is 9.69. The molecule has 0 bridgehead atoms. The molecular weight excluding hydrogens is 380 g/mol. The number of halogens is 1. The maximum atomic E-state index is 12.7. The number of hydrogen-bond donors (Lipinski definition) is 0. The van der Waals surface area contributed by atoms with Gasteiger partial charge in [0.1, 0.15) is 6.10 Å². The molecule has 0 aliphatic heterocycles. The fraction of sp³-hybridized carbons (Fsp3) is 0.905. The summed E-state index contributed by atoms with van der Waals surface area (Å²) in [6.07, 6.45) is 9.15. The summed E-state index contributed by atoms with van der Waals surface area (Å²) in [5, 5.41) is 0. The SMILES string of the molecule is CC(=O)O[C@@H]1CC[C@@]2(C)[C@@H](CC[C@H]3[C@H]4C[C@@H](Br)C(=O)[C@@]4(C)CC[C@@H]32)C1. The molecule has 4 rings (SSSR count). The molecule has 4 heteroatoms. The average Bonchev–Trinajstić information content (AvgIpc) is 2.78. The summed E-state index contributed by atoms with van der Waals surface area (Å²) >= 11 is 3.66. The van der Waals surface area contributed by atoms with E-state index in [0.717, 1.165) is 31.6 Å². The molecule has 4 aliphatic rings. The molecule has 0 aromatic heterocycles. The molecule has 4 aliphatic carbocycles. The zero-order valence-corrected chi connectivity index (χ0v) is 17.3. The van der Waals surface area contributed by atoms with Crippen LogP contribution in [0.1, 0.15) is 72.1 Å². The zero-order valence-electron chi connectivity index (χ0n) is 15.7. The Bertz CT molecular complexity index is 590. The quantitative estimate of drug-likeness (QED) is 0.455. The van der Waals surface area contributed by atoms with Gasteiger partial charge in [-0.2, -0.15) is 0 Å². The predicted molar refractivity (Wildman–Crippen MR) is 100 cm³/mol. The number of alkyl halides is 1. The molecule has 0 N–H and O–H groups in total. The van der Waals surface area contributed by atoms with Gasteiger partial charge in [0.25, 0.3) is 0 Å². The largest absolute Gasteiger partial charge is 0.463 e. The molecule has 3 nitrogen and oxygen atoms in total. The fourth-order valence-corrected chi connectivity index (χ4v) is 8.23. The van der Waals surface area contributed by atoms with Gasteiger partial charge in [0.2, 0.25) is 0 Å². The number of hydrogen-bond acceptors (Lipinski definition) is 3. The Balaban J connectivity index is 1.55. The molecule has 0 radical (unpaired) electrons. The van der Waals surface area contributed by atoms with Gasteiger partial charge in [-0.1, -0.05) is 29.8 Å². The van der Waals surface area contributed by atoms with Crippen LogP contribution in [0.15, 0.2) is 0 Å². The van der Waals surface area contributed by atoms with Gasteiger partial charge in [0.05, 0.1) is 4.83 Å². The molecule has 4 fully saturated rings. The van der Waals surface area contributed by atoms with Gasteiger partial charge in [-0.15, -0.1) is 0 Å². The Kier molecular flexibility index (Phi) is 4.37. The fourth-order valence-electron chi connectivity index (χ4n) is 7.31. The van der Waals surface area contributed by atoms with Crippen LogP contribution in [-0.2, 0) is 14.3 Å². The van der Waals surface area contributed by atoms with E-state index in [9.17, 15) is 9.59 Å². The topological polar surface area (TPSA) is 43.4 Å². The maximum absolute atomic E-state index is 12.7. The van der Waals surface area contributed by atoms with Gasteiger partial charge in [0, 0.05) is 12.3 Å². The van der Waals surface area contributed by atoms with Crippen molar-refractivity contribution >= 4 is 27.7 Å².